The maximum atomic E-state index is 11.5. The summed E-state index contributed by atoms with van der Waals surface area (Å²) in [4.78, 5) is 10.2. The first-order valence-electron chi connectivity index (χ1n) is 4.01. The lowest BCUT2D eigenvalue weighted by Crippen LogP contribution is -1.99. The number of hydrogen-bond donors (Lipinski definition) is 1. The van der Waals surface area contributed by atoms with Gasteiger partial charge < -0.3 is 0 Å². The first kappa shape index (κ1) is 11.4. The number of nitrogens with one attached hydrogen (secondary N) is 1. The van der Waals surface area contributed by atoms with E-state index in [0.717, 1.165) is 0 Å². The molecule has 0 radical (unpaired) electrons. The summed E-state index contributed by atoms with van der Waals surface area (Å²) in [5.41, 5.74) is 0.268. The molecule has 0 fully saturated rings. The van der Waals surface area contributed by atoms with Gasteiger partial charge in [-0.1, -0.05) is 12.7 Å². The fraction of sp³-hybridized carbons (Fsp3) is 0.111. The molecule has 0 spiro atoms. The van der Waals surface area contributed by atoms with Gasteiger partial charge in [-0.2, -0.15) is 0 Å². The Morgan fingerprint density at radius 3 is 2.60 bits per heavy atom. The molecule has 0 aliphatic heterocycles. The minimum atomic E-state index is -2.88. The molecular formula is C9H10N2O3S. The van der Waals surface area contributed by atoms with Gasteiger partial charge in [0.25, 0.3) is 5.69 Å². The lowest BCUT2D eigenvalue weighted by Gasteiger charge is -2.05. The van der Waals surface area contributed by atoms with Crippen LogP contribution in [0.15, 0.2) is 29.7 Å². The minimum Gasteiger partial charge on any atom is -0.258 e. The van der Waals surface area contributed by atoms with Crippen LogP contribution in [0.5, 0.6) is 0 Å². The van der Waals surface area contributed by atoms with E-state index in [9.17, 15) is 14.3 Å². The third-order valence-corrected chi connectivity index (χ3v) is 3.05. The average Bonchev–Trinajstić information content (AvgIpc) is 2.15. The Labute approximate surface area is 87.6 Å². The van der Waals surface area contributed by atoms with Crippen molar-refractivity contribution < 1.29 is 9.13 Å². The molecule has 0 heterocycles. The Balaban J connectivity index is 3.47. The van der Waals surface area contributed by atoms with Crippen LogP contribution in [0.1, 0.15) is 5.56 Å². The molecule has 0 bridgehead atoms. The molecule has 80 valence electrons. The van der Waals surface area contributed by atoms with Gasteiger partial charge in [0.05, 0.1) is 19.5 Å². The van der Waals surface area contributed by atoms with Crippen LogP contribution in [0.4, 0.5) is 5.69 Å². The molecule has 0 amide bonds. The fourth-order valence-corrected chi connectivity index (χ4v) is 2.08. The van der Waals surface area contributed by atoms with E-state index in [2.05, 4.69) is 6.58 Å². The Kier molecular flexibility index (Phi) is 2.90. The normalized spacial score (nSPS) is 14.2. The van der Waals surface area contributed by atoms with Crippen molar-refractivity contribution in [3.05, 3.63) is 40.5 Å². The molecule has 0 aliphatic carbocycles. The molecule has 1 N–H and O–H groups in total. The largest absolute Gasteiger partial charge is 0.270 e. The van der Waals surface area contributed by atoms with Crippen molar-refractivity contribution in [2.75, 3.05) is 6.26 Å². The summed E-state index contributed by atoms with van der Waals surface area (Å²) in [6.45, 7) is 3.47. The summed E-state index contributed by atoms with van der Waals surface area (Å²) in [5.74, 6) is 0. The highest BCUT2D eigenvalue weighted by Gasteiger charge is 2.13. The predicted octanol–water partition coefficient (Wildman–Crippen LogP) is 2.27. The van der Waals surface area contributed by atoms with Gasteiger partial charge in [0.1, 0.15) is 0 Å². The summed E-state index contributed by atoms with van der Waals surface area (Å²) in [6, 6.07) is 3.84. The van der Waals surface area contributed by atoms with Crippen LogP contribution in [0.2, 0.25) is 0 Å². The Bertz CT molecular complexity index is 520. The molecule has 0 saturated carbocycles. The summed E-state index contributed by atoms with van der Waals surface area (Å²) < 4.78 is 18.9. The molecule has 1 rings (SSSR count). The molecule has 5 nitrogen and oxygen atoms in total. The molecule has 6 heteroatoms. The maximum Gasteiger partial charge on any atom is 0.270 e. The third-order valence-electron chi connectivity index (χ3n) is 1.84. The van der Waals surface area contributed by atoms with Crippen molar-refractivity contribution in [3.8, 4) is 0 Å². The first-order chi connectivity index (χ1) is 6.86. The molecule has 15 heavy (non-hydrogen) atoms. The highest BCUT2D eigenvalue weighted by atomic mass is 32.2. The van der Waals surface area contributed by atoms with Crippen LogP contribution in [-0.2, 0) is 9.73 Å². The van der Waals surface area contributed by atoms with E-state index in [1.54, 1.807) is 0 Å². The van der Waals surface area contributed by atoms with Crippen LogP contribution in [-0.4, -0.2) is 15.4 Å². The van der Waals surface area contributed by atoms with E-state index >= 15 is 0 Å². The van der Waals surface area contributed by atoms with Gasteiger partial charge in [0.2, 0.25) is 0 Å². The van der Waals surface area contributed by atoms with Crippen LogP contribution in [0.3, 0.4) is 0 Å². The first-order valence-corrected chi connectivity index (χ1v) is 5.97. The zero-order valence-corrected chi connectivity index (χ0v) is 8.91. The highest BCUT2D eigenvalue weighted by Crippen LogP contribution is 2.22. The lowest BCUT2D eigenvalue weighted by atomic mass is 10.2. The number of nitro groups is 1. The number of nitrogens with zero attached hydrogens (tertiary/aromatic N) is 1. The number of benzene rings is 1. The minimum absolute atomic E-state index is 0.0997. The summed E-state index contributed by atoms with van der Waals surface area (Å²) >= 11 is 0. The van der Waals surface area contributed by atoms with Crippen LogP contribution in [0, 0.1) is 14.9 Å². The summed E-state index contributed by atoms with van der Waals surface area (Å²) in [6.07, 6.45) is 2.63. The molecule has 0 saturated heterocycles. The van der Waals surface area contributed by atoms with Gasteiger partial charge in [-0.05, 0) is 11.6 Å². The zero-order valence-electron chi connectivity index (χ0n) is 8.10. The van der Waals surface area contributed by atoms with E-state index < -0.39 is 14.7 Å². The Morgan fingerprint density at radius 2 is 2.20 bits per heavy atom. The number of rotatable bonds is 3. The summed E-state index contributed by atoms with van der Waals surface area (Å²) in [5, 5.41) is 10.5. The van der Waals surface area contributed by atoms with Crippen molar-refractivity contribution in [2.24, 2.45) is 0 Å². The monoisotopic (exact) mass is 226 g/mol. The zero-order chi connectivity index (χ0) is 11.6. The molecule has 0 aliphatic rings. The van der Waals surface area contributed by atoms with Crippen LogP contribution < -0.4 is 0 Å². The second kappa shape index (κ2) is 3.82. The second-order valence-electron chi connectivity index (χ2n) is 3.03. The smallest absolute Gasteiger partial charge is 0.258 e. The Morgan fingerprint density at radius 1 is 1.60 bits per heavy atom. The standard InChI is InChI=1S/C9H10N2O3S/c1-3-7-6-8(11(12)13)4-5-9(7)15(2,10)14/h3-6,10H,1H2,2H3. The Hall–Kier alpha value is -1.69. The molecular weight excluding hydrogens is 216 g/mol. The number of nitro benzene ring substituents is 1. The van der Waals surface area contributed by atoms with Gasteiger partial charge in [-0.15, -0.1) is 0 Å². The molecule has 1 aromatic carbocycles. The second-order valence-corrected chi connectivity index (χ2v) is 5.15. The predicted molar refractivity (Wildman–Crippen MR) is 58.2 cm³/mol. The van der Waals surface area contributed by atoms with E-state index in [1.165, 1.54) is 30.5 Å². The van der Waals surface area contributed by atoms with Gasteiger partial charge in [-0.3, -0.25) is 10.1 Å². The molecule has 1 unspecified atom stereocenters. The SMILES string of the molecule is C=Cc1cc([N+](=O)[O-])ccc1S(C)(=N)=O. The van der Waals surface area contributed by atoms with Gasteiger partial charge in [0.15, 0.2) is 0 Å². The van der Waals surface area contributed by atoms with Gasteiger partial charge in [0, 0.05) is 18.4 Å². The molecule has 0 aromatic heterocycles. The van der Waals surface area contributed by atoms with Crippen LogP contribution >= 0.6 is 0 Å². The summed E-state index contributed by atoms with van der Waals surface area (Å²) in [7, 11) is -2.88. The lowest BCUT2D eigenvalue weighted by molar-refractivity contribution is -0.384. The van der Waals surface area contributed by atoms with E-state index in [1.807, 2.05) is 0 Å². The maximum absolute atomic E-state index is 11.5. The third kappa shape index (κ3) is 2.41. The molecule has 1 aromatic rings. The van der Waals surface area contributed by atoms with E-state index in [4.69, 9.17) is 4.78 Å². The van der Waals surface area contributed by atoms with Gasteiger partial charge in [-0.25, -0.2) is 8.99 Å². The van der Waals surface area contributed by atoms with Crippen molar-refractivity contribution in [1.29, 1.82) is 4.78 Å². The number of non-ortho nitro benzene ring substituents is 1. The molecule has 1 atom stereocenters. The van der Waals surface area contributed by atoms with E-state index in [0.29, 0.717) is 5.56 Å². The van der Waals surface area contributed by atoms with E-state index in [-0.39, 0.29) is 10.6 Å². The van der Waals surface area contributed by atoms with Crippen molar-refractivity contribution in [2.45, 2.75) is 4.90 Å². The topological polar surface area (TPSA) is 84.1 Å². The van der Waals surface area contributed by atoms with Crippen molar-refractivity contribution >= 4 is 21.5 Å². The van der Waals surface area contributed by atoms with Crippen molar-refractivity contribution in [1.82, 2.24) is 0 Å². The van der Waals surface area contributed by atoms with Crippen molar-refractivity contribution in [3.63, 3.8) is 0 Å². The number of hydrogen-bond acceptors (Lipinski definition) is 4. The van der Waals surface area contributed by atoms with Crippen LogP contribution in [0.25, 0.3) is 6.08 Å². The highest BCUT2D eigenvalue weighted by molar-refractivity contribution is 7.91. The average molecular weight is 226 g/mol. The quantitative estimate of drug-likeness (QED) is 0.633. The fourth-order valence-electron chi connectivity index (χ4n) is 1.16. The van der Waals surface area contributed by atoms with Gasteiger partial charge >= 0.3 is 0 Å².